The first-order chi connectivity index (χ1) is 8.01. The number of aliphatic hydroxyl groups excluding tert-OH is 1. The van der Waals surface area contributed by atoms with E-state index in [1.165, 1.54) is 0 Å². The summed E-state index contributed by atoms with van der Waals surface area (Å²) in [6.45, 7) is 4.58. The average Bonchev–Trinajstić information content (AvgIpc) is 2.28. The Labute approximate surface area is 111 Å². The van der Waals surface area contributed by atoms with Gasteiger partial charge in [0.2, 0.25) is 0 Å². The fraction of sp³-hybridized carbons (Fsp3) is 0.538. The lowest BCUT2D eigenvalue weighted by molar-refractivity contribution is 0.0836. The molecule has 1 aromatic carbocycles. The second kappa shape index (κ2) is 6.38. The highest BCUT2D eigenvalue weighted by Crippen LogP contribution is 2.34. The largest absolute Gasteiger partial charge is 0.496 e. The number of methoxy groups -OCH3 is 1. The highest BCUT2D eigenvalue weighted by Gasteiger charge is 2.25. The van der Waals surface area contributed by atoms with Crippen molar-refractivity contribution in [2.24, 2.45) is 17.6 Å². The van der Waals surface area contributed by atoms with Gasteiger partial charge in [-0.2, -0.15) is 0 Å². The van der Waals surface area contributed by atoms with Crippen molar-refractivity contribution in [2.45, 2.75) is 20.0 Å². The summed E-state index contributed by atoms with van der Waals surface area (Å²) >= 11 is 3.38. The van der Waals surface area contributed by atoms with Gasteiger partial charge in [-0.3, -0.25) is 0 Å². The normalized spacial score (nSPS) is 14.8. The second-order valence-corrected chi connectivity index (χ2v) is 5.39. The van der Waals surface area contributed by atoms with E-state index in [0.717, 1.165) is 10.0 Å². The van der Waals surface area contributed by atoms with Crippen LogP contribution in [0.2, 0.25) is 0 Å². The van der Waals surface area contributed by atoms with Crippen molar-refractivity contribution < 1.29 is 9.84 Å². The number of aliphatic hydroxyl groups is 1. The Morgan fingerprint density at radius 3 is 2.53 bits per heavy atom. The van der Waals surface area contributed by atoms with Crippen LogP contribution in [0.3, 0.4) is 0 Å². The zero-order valence-electron chi connectivity index (χ0n) is 10.5. The highest BCUT2D eigenvalue weighted by molar-refractivity contribution is 9.10. The smallest absolute Gasteiger partial charge is 0.125 e. The lowest BCUT2D eigenvalue weighted by atomic mass is 9.86. The van der Waals surface area contributed by atoms with Gasteiger partial charge in [-0.25, -0.2) is 0 Å². The van der Waals surface area contributed by atoms with Crippen LogP contribution in [0, 0.1) is 11.8 Å². The first-order valence-electron chi connectivity index (χ1n) is 5.72. The van der Waals surface area contributed by atoms with Crippen LogP contribution >= 0.6 is 15.9 Å². The summed E-state index contributed by atoms with van der Waals surface area (Å²) in [6, 6.07) is 5.63. The zero-order chi connectivity index (χ0) is 13.0. The van der Waals surface area contributed by atoms with E-state index in [1.54, 1.807) is 7.11 Å². The predicted molar refractivity (Wildman–Crippen MR) is 73.0 cm³/mol. The number of benzene rings is 1. The molecule has 0 heterocycles. The summed E-state index contributed by atoms with van der Waals surface area (Å²) in [7, 11) is 1.60. The molecule has 0 aliphatic heterocycles. The summed E-state index contributed by atoms with van der Waals surface area (Å²) in [5.41, 5.74) is 6.51. The van der Waals surface area contributed by atoms with E-state index in [-0.39, 0.29) is 5.92 Å². The third-order valence-electron chi connectivity index (χ3n) is 3.05. The molecule has 0 saturated carbocycles. The van der Waals surface area contributed by atoms with E-state index in [0.29, 0.717) is 18.2 Å². The van der Waals surface area contributed by atoms with Crippen LogP contribution in [0.25, 0.3) is 0 Å². The number of ether oxygens (including phenoxy) is 1. The van der Waals surface area contributed by atoms with Crippen molar-refractivity contribution in [1.82, 2.24) is 0 Å². The molecule has 0 saturated heterocycles. The minimum Gasteiger partial charge on any atom is -0.496 e. The standard InChI is InChI=1S/C13H20BrNO2/c1-8(2)11(7-15)13(16)10-5-4-9(14)6-12(10)17-3/h4-6,8,11,13,16H,7,15H2,1-3H3. The zero-order valence-corrected chi connectivity index (χ0v) is 12.1. The molecule has 96 valence electrons. The topological polar surface area (TPSA) is 55.5 Å². The minimum absolute atomic E-state index is 0.0325. The first-order valence-corrected chi connectivity index (χ1v) is 6.52. The van der Waals surface area contributed by atoms with Gasteiger partial charge in [-0.1, -0.05) is 35.8 Å². The number of hydrogen-bond acceptors (Lipinski definition) is 3. The van der Waals surface area contributed by atoms with Crippen molar-refractivity contribution >= 4 is 15.9 Å². The molecule has 17 heavy (non-hydrogen) atoms. The Balaban J connectivity index is 3.06. The van der Waals surface area contributed by atoms with Crippen molar-refractivity contribution in [1.29, 1.82) is 0 Å². The molecule has 1 aromatic rings. The van der Waals surface area contributed by atoms with Gasteiger partial charge < -0.3 is 15.6 Å². The molecule has 3 N–H and O–H groups in total. The Morgan fingerprint density at radius 1 is 1.41 bits per heavy atom. The van der Waals surface area contributed by atoms with E-state index >= 15 is 0 Å². The van der Waals surface area contributed by atoms with Crippen LogP contribution in [0.1, 0.15) is 25.5 Å². The maximum atomic E-state index is 10.4. The molecule has 1 rings (SSSR count). The molecule has 3 nitrogen and oxygen atoms in total. The lowest BCUT2D eigenvalue weighted by Crippen LogP contribution is -2.26. The van der Waals surface area contributed by atoms with Gasteiger partial charge in [0.15, 0.2) is 0 Å². The Morgan fingerprint density at radius 2 is 2.06 bits per heavy atom. The van der Waals surface area contributed by atoms with E-state index in [2.05, 4.69) is 29.8 Å². The van der Waals surface area contributed by atoms with Gasteiger partial charge in [0.05, 0.1) is 13.2 Å². The maximum absolute atomic E-state index is 10.4. The molecule has 0 aromatic heterocycles. The van der Waals surface area contributed by atoms with Crippen LogP contribution in [0.5, 0.6) is 5.75 Å². The third-order valence-corrected chi connectivity index (χ3v) is 3.54. The predicted octanol–water partition coefficient (Wildman–Crippen LogP) is 2.72. The fourth-order valence-electron chi connectivity index (χ4n) is 1.93. The maximum Gasteiger partial charge on any atom is 0.125 e. The molecule has 0 aliphatic carbocycles. The second-order valence-electron chi connectivity index (χ2n) is 4.47. The number of nitrogens with two attached hydrogens (primary N) is 1. The van der Waals surface area contributed by atoms with Gasteiger partial charge in [0.1, 0.15) is 5.75 Å². The molecule has 2 atom stereocenters. The van der Waals surface area contributed by atoms with E-state index < -0.39 is 6.10 Å². The van der Waals surface area contributed by atoms with Gasteiger partial charge in [0, 0.05) is 16.0 Å². The van der Waals surface area contributed by atoms with Gasteiger partial charge in [-0.15, -0.1) is 0 Å². The summed E-state index contributed by atoms with van der Waals surface area (Å²) in [5.74, 6) is 1.04. The SMILES string of the molecule is COc1cc(Br)ccc1C(O)C(CN)C(C)C. The fourth-order valence-corrected chi connectivity index (χ4v) is 2.27. The van der Waals surface area contributed by atoms with Crippen LogP contribution in [-0.2, 0) is 0 Å². The molecular formula is C13H20BrNO2. The van der Waals surface area contributed by atoms with Crippen LogP contribution in [0.15, 0.2) is 22.7 Å². The monoisotopic (exact) mass is 301 g/mol. The average molecular weight is 302 g/mol. The lowest BCUT2D eigenvalue weighted by Gasteiger charge is -2.26. The van der Waals surface area contributed by atoms with Crippen molar-refractivity contribution in [3.8, 4) is 5.75 Å². The van der Waals surface area contributed by atoms with Crippen LogP contribution in [-0.4, -0.2) is 18.8 Å². The number of halogens is 1. The van der Waals surface area contributed by atoms with E-state index in [1.807, 2.05) is 18.2 Å². The Hall–Kier alpha value is -0.580. The molecule has 0 aliphatic rings. The summed E-state index contributed by atoms with van der Waals surface area (Å²) < 4.78 is 6.22. The van der Waals surface area contributed by atoms with Gasteiger partial charge in [-0.05, 0) is 24.6 Å². The highest BCUT2D eigenvalue weighted by atomic mass is 79.9. The summed E-state index contributed by atoms with van der Waals surface area (Å²) in [4.78, 5) is 0. The molecule has 4 heteroatoms. The Kier molecular flexibility index (Phi) is 5.43. The van der Waals surface area contributed by atoms with E-state index in [4.69, 9.17) is 10.5 Å². The number of rotatable bonds is 5. The molecule has 0 fully saturated rings. The molecule has 0 radical (unpaired) electrons. The van der Waals surface area contributed by atoms with Crippen LogP contribution < -0.4 is 10.5 Å². The van der Waals surface area contributed by atoms with Crippen LogP contribution in [0.4, 0.5) is 0 Å². The number of hydrogen-bond donors (Lipinski definition) is 2. The summed E-state index contributed by atoms with van der Waals surface area (Å²) in [5, 5.41) is 10.4. The van der Waals surface area contributed by atoms with Crippen molar-refractivity contribution in [2.75, 3.05) is 13.7 Å². The molecule has 0 spiro atoms. The Bertz CT molecular complexity index is 368. The summed E-state index contributed by atoms with van der Waals surface area (Å²) in [6.07, 6.45) is -0.594. The minimum atomic E-state index is -0.594. The first kappa shape index (κ1) is 14.5. The van der Waals surface area contributed by atoms with Crippen molar-refractivity contribution in [3.63, 3.8) is 0 Å². The molecular weight excluding hydrogens is 282 g/mol. The van der Waals surface area contributed by atoms with Gasteiger partial charge >= 0.3 is 0 Å². The van der Waals surface area contributed by atoms with Gasteiger partial charge in [0.25, 0.3) is 0 Å². The molecule has 0 bridgehead atoms. The third kappa shape index (κ3) is 3.44. The molecule has 0 amide bonds. The van der Waals surface area contributed by atoms with Crippen molar-refractivity contribution in [3.05, 3.63) is 28.2 Å². The molecule has 2 unspecified atom stereocenters. The quantitative estimate of drug-likeness (QED) is 0.879. The van der Waals surface area contributed by atoms with E-state index in [9.17, 15) is 5.11 Å².